The first-order chi connectivity index (χ1) is 8.72. The Morgan fingerprint density at radius 2 is 2.22 bits per heavy atom. The van der Waals surface area contributed by atoms with Gasteiger partial charge in [-0.1, -0.05) is 6.07 Å². The molecule has 6 heteroatoms. The normalized spacial score (nSPS) is 10.6. The van der Waals surface area contributed by atoms with Gasteiger partial charge in [0.05, 0.1) is 5.39 Å². The van der Waals surface area contributed by atoms with Crippen LogP contribution in [0.25, 0.3) is 20.7 Å². The molecule has 0 aliphatic carbocycles. The molecule has 0 saturated heterocycles. The fourth-order valence-corrected chi connectivity index (χ4v) is 3.58. The van der Waals surface area contributed by atoms with Gasteiger partial charge in [0.15, 0.2) is 5.56 Å². The summed E-state index contributed by atoms with van der Waals surface area (Å²) in [5.41, 5.74) is 0.0519. The number of rotatable bonds is 1. The van der Waals surface area contributed by atoms with Crippen LogP contribution in [0.5, 0.6) is 5.75 Å². The van der Waals surface area contributed by atoms with Crippen LogP contribution in [0.1, 0.15) is 5.56 Å². The van der Waals surface area contributed by atoms with Crippen molar-refractivity contribution in [2.45, 2.75) is 0 Å². The van der Waals surface area contributed by atoms with E-state index in [2.05, 4.69) is 4.98 Å². The summed E-state index contributed by atoms with van der Waals surface area (Å²) in [6.07, 6.45) is 0. The first-order valence-corrected chi connectivity index (χ1v) is 6.78. The predicted octanol–water partition coefficient (Wildman–Crippen LogP) is 2.90. The molecule has 3 heterocycles. The maximum atomic E-state index is 11.6. The first kappa shape index (κ1) is 11.0. The molecular weight excluding hydrogens is 268 g/mol. The molecule has 0 aromatic carbocycles. The summed E-state index contributed by atoms with van der Waals surface area (Å²) in [6.45, 7) is 0. The number of nitrogens with one attached hydrogen (secondary N) is 1. The van der Waals surface area contributed by atoms with E-state index in [0.717, 1.165) is 10.4 Å². The lowest BCUT2D eigenvalue weighted by atomic mass is 10.1. The number of thiophene rings is 2. The number of hydrogen-bond donors (Lipinski definition) is 2. The molecule has 0 saturated carbocycles. The van der Waals surface area contributed by atoms with Gasteiger partial charge in [0.25, 0.3) is 5.56 Å². The number of nitrogens with zero attached hydrogens (tertiary/aromatic N) is 1. The number of nitriles is 1. The number of aromatic nitrogens is 1. The highest BCUT2D eigenvalue weighted by Crippen LogP contribution is 2.40. The molecule has 0 bridgehead atoms. The summed E-state index contributed by atoms with van der Waals surface area (Å²) in [5.74, 6) is -0.235. The van der Waals surface area contributed by atoms with Crippen LogP contribution in [0.4, 0.5) is 0 Å². The van der Waals surface area contributed by atoms with Crippen molar-refractivity contribution in [1.82, 2.24) is 4.98 Å². The zero-order valence-electron chi connectivity index (χ0n) is 8.93. The van der Waals surface area contributed by atoms with Crippen LogP contribution in [0.3, 0.4) is 0 Å². The molecule has 0 aliphatic rings. The van der Waals surface area contributed by atoms with E-state index in [9.17, 15) is 9.90 Å². The van der Waals surface area contributed by atoms with Crippen molar-refractivity contribution in [3.8, 4) is 22.3 Å². The monoisotopic (exact) mass is 274 g/mol. The predicted molar refractivity (Wildman–Crippen MR) is 72.1 cm³/mol. The zero-order chi connectivity index (χ0) is 12.7. The van der Waals surface area contributed by atoms with Gasteiger partial charge in [-0.25, -0.2) is 0 Å². The van der Waals surface area contributed by atoms with Crippen LogP contribution in [-0.2, 0) is 0 Å². The number of pyridine rings is 1. The van der Waals surface area contributed by atoms with Gasteiger partial charge in [0.2, 0.25) is 0 Å². The fraction of sp³-hybridized carbons (Fsp3) is 0. The van der Waals surface area contributed by atoms with Crippen LogP contribution in [-0.4, -0.2) is 10.1 Å². The van der Waals surface area contributed by atoms with Gasteiger partial charge in [-0.2, -0.15) is 5.26 Å². The third-order valence-corrected chi connectivity index (χ3v) is 4.42. The lowest BCUT2D eigenvalue weighted by Crippen LogP contribution is -2.09. The van der Waals surface area contributed by atoms with E-state index in [1.807, 2.05) is 22.9 Å². The van der Waals surface area contributed by atoms with Crippen molar-refractivity contribution < 1.29 is 5.11 Å². The Morgan fingerprint density at radius 3 is 2.89 bits per heavy atom. The number of aromatic hydroxyl groups is 1. The molecule has 2 N–H and O–H groups in total. The Kier molecular flexibility index (Phi) is 2.44. The summed E-state index contributed by atoms with van der Waals surface area (Å²) >= 11 is 2.88. The quantitative estimate of drug-likeness (QED) is 0.716. The average Bonchev–Trinajstić information content (AvgIpc) is 2.96. The van der Waals surface area contributed by atoms with Crippen LogP contribution in [0.2, 0.25) is 0 Å². The molecule has 3 rings (SSSR count). The van der Waals surface area contributed by atoms with Gasteiger partial charge in [-0.05, 0) is 11.4 Å². The standard InChI is InChI=1S/C12H6N2O2S2/c13-4-6-10(15)9-7(8-2-1-3-17-8)5-18-12(9)14-11(6)16/h1-3,5H,(H2,14,15,16). The second-order valence-corrected chi connectivity index (χ2v) is 5.45. The molecule has 0 unspecified atom stereocenters. The fourth-order valence-electron chi connectivity index (χ4n) is 1.80. The van der Waals surface area contributed by atoms with Crippen molar-refractivity contribution in [2.75, 3.05) is 0 Å². The van der Waals surface area contributed by atoms with Crippen molar-refractivity contribution in [1.29, 1.82) is 5.26 Å². The molecule has 3 aromatic heterocycles. The number of H-pyrrole nitrogens is 1. The number of aromatic amines is 1. The van der Waals surface area contributed by atoms with Gasteiger partial charge in [0.1, 0.15) is 16.6 Å². The van der Waals surface area contributed by atoms with E-state index in [1.54, 1.807) is 17.4 Å². The molecule has 0 atom stereocenters. The van der Waals surface area contributed by atoms with Crippen LogP contribution in [0.15, 0.2) is 27.7 Å². The van der Waals surface area contributed by atoms with Crippen molar-refractivity contribution in [3.05, 3.63) is 38.8 Å². The van der Waals surface area contributed by atoms with E-state index in [-0.39, 0.29) is 11.3 Å². The topological polar surface area (TPSA) is 76.9 Å². The molecule has 0 spiro atoms. The highest BCUT2D eigenvalue weighted by molar-refractivity contribution is 7.18. The average molecular weight is 274 g/mol. The van der Waals surface area contributed by atoms with Gasteiger partial charge in [-0.3, -0.25) is 4.79 Å². The van der Waals surface area contributed by atoms with Gasteiger partial charge < -0.3 is 10.1 Å². The highest BCUT2D eigenvalue weighted by Gasteiger charge is 2.17. The molecule has 4 nitrogen and oxygen atoms in total. The highest BCUT2D eigenvalue weighted by atomic mass is 32.1. The van der Waals surface area contributed by atoms with E-state index in [4.69, 9.17) is 5.26 Å². The summed E-state index contributed by atoms with van der Waals surface area (Å²) in [4.78, 5) is 15.7. The minimum Gasteiger partial charge on any atom is -0.506 e. The minimum absolute atomic E-state index is 0.235. The SMILES string of the molecule is N#Cc1c(O)c2c(-c3cccs3)csc2[nH]c1=O. The Balaban J connectivity index is 2.45. The Labute approximate surface area is 109 Å². The third-order valence-electron chi connectivity index (χ3n) is 2.62. The lowest BCUT2D eigenvalue weighted by molar-refractivity contribution is 0.479. The van der Waals surface area contributed by atoms with E-state index in [1.165, 1.54) is 11.3 Å². The van der Waals surface area contributed by atoms with Crippen LogP contribution < -0.4 is 5.56 Å². The lowest BCUT2D eigenvalue weighted by Gasteiger charge is -2.00. The van der Waals surface area contributed by atoms with Crippen molar-refractivity contribution >= 4 is 32.9 Å². The van der Waals surface area contributed by atoms with Crippen molar-refractivity contribution in [2.24, 2.45) is 0 Å². The molecule has 88 valence electrons. The van der Waals surface area contributed by atoms with E-state index < -0.39 is 5.56 Å². The molecule has 18 heavy (non-hydrogen) atoms. The smallest absolute Gasteiger partial charge is 0.270 e. The van der Waals surface area contributed by atoms with Crippen molar-refractivity contribution in [3.63, 3.8) is 0 Å². The van der Waals surface area contributed by atoms with Crippen LogP contribution >= 0.6 is 22.7 Å². The van der Waals surface area contributed by atoms with E-state index >= 15 is 0 Å². The molecule has 3 aromatic rings. The largest absolute Gasteiger partial charge is 0.506 e. The number of fused-ring (bicyclic) bond motifs is 1. The molecular formula is C12H6N2O2S2. The summed E-state index contributed by atoms with van der Waals surface area (Å²) in [6, 6.07) is 5.58. The third kappa shape index (κ3) is 1.45. The zero-order valence-corrected chi connectivity index (χ0v) is 10.6. The maximum absolute atomic E-state index is 11.6. The second kappa shape index (κ2) is 3.98. The minimum atomic E-state index is -0.554. The molecule has 0 amide bonds. The first-order valence-electron chi connectivity index (χ1n) is 5.03. The Bertz CT molecular complexity index is 822. The molecule has 0 fully saturated rings. The summed E-state index contributed by atoms with van der Waals surface area (Å²) in [5, 5.41) is 23.3. The summed E-state index contributed by atoms with van der Waals surface area (Å²) < 4.78 is 0. The number of hydrogen-bond acceptors (Lipinski definition) is 5. The van der Waals surface area contributed by atoms with Crippen LogP contribution in [0, 0.1) is 11.3 Å². The molecule has 0 aliphatic heterocycles. The maximum Gasteiger partial charge on any atom is 0.270 e. The Hall–Kier alpha value is -2.10. The van der Waals surface area contributed by atoms with Gasteiger partial charge in [0, 0.05) is 15.8 Å². The van der Waals surface area contributed by atoms with Gasteiger partial charge >= 0.3 is 0 Å². The summed E-state index contributed by atoms with van der Waals surface area (Å²) in [7, 11) is 0. The second-order valence-electron chi connectivity index (χ2n) is 3.62. The van der Waals surface area contributed by atoms with E-state index in [0.29, 0.717) is 10.2 Å². The molecule has 0 radical (unpaired) electrons. The van der Waals surface area contributed by atoms with Gasteiger partial charge in [-0.15, -0.1) is 22.7 Å². The Morgan fingerprint density at radius 1 is 1.39 bits per heavy atom.